The first-order valence-electron chi connectivity index (χ1n) is 10.7. The number of aliphatic imine (C=N–C) groups is 1. The van der Waals surface area contributed by atoms with Crippen LogP contribution < -0.4 is 9.64 Å². The number of anilines is 1. The maximum atomic E-state index is 12.9. The molecule has 1 unspecified atom stereocenters. The van der Waals surface area contributed by atoms with Gasteiger partial charge in [-0.05, 0) is 43.1 Å². The highest BCUT2D eigenvalue weighted by atomic mass is 16.5. The molecule has 166 valence electrons. The summed E-state index contributed by atoms with van der Waals surface area (Å²) in [6.45, 7) is 8.42. The molecule has 9 heteroatoms. The molecule has 1 atom stereocenters. The lowest BCUT2D eigenvalue weighted by Crippen LogP contribution is -2.62. The molecule has 3 aliphatic heterocycles. The van der Waals surface area contributed by atoms with Gasteiger partial charge in [-0.1, -0.05) is 0 Å². The zero-order valence-corrected chi connectivity index (χ0v) is 18.9. The van der Waals surface area contributed by atoms with Crippen molar-refractivity contribution in [3.8, 4) is 5.75 Å². The summed E-state index contributed by atoms with van der Waals surface area (Å²) in [4.78, 5) is 37.4. The molecule has 0 spiro atoms. The van der Waals surface area contributed by atoms with Crippen molar-refractivity contribution in [1.82, 2.24) is 14.7 Å². The van der Waals surface area contributed by atoms with Gasteiger partial charge in [0.05, 0.1) is 13.2 Å². The molecule has 2 saturated heterocycles. The first-order chi connectivity index (χ1) is 14.8. The first kappa shape index (κ1) is 21.3. The molecule has 0 aromatic heterocycles. The molecule has 9 nitrogen and oxygen atoms in total. The second-order valence-corrected chi connectivity index (χ2v) is 8.49. The van der Waals surface area contributed by atoms with Crippen LogP contribution in [0.3, 0.4) is 0 Å². The Labute approximate surface area is 183 Å². The van der Waals surface area contributed by atoms with Gasteiger partial charge in [0.2, 0.25) is 0 Å². The van der Waals surface area contributed by atoms with E-state index in [1.165, 1.54) is 22.5 Å². The Hall–Kier alpha value is -2.94. The maximum Gasteiger partial charge on any atom is 0.333 e. The highest BCUT2D eigenvalue weighted by molar-refractivity contribution is 6.23. The Morgan fingerprint density at radius 1 is 1.06 bits per heavy atom. The second kappa shape index (κ2) is 8.30. The highest BCUT2D eigenvalue weighted by Crippen LogP contribution is 2.23. The summed E-state index contributed by atoms with van der Waals surface area (Å²) in [5.41, 5.74) is 1.19. The number of fused-ring (bicyclic) bond motifs is 1. The molecular formula is C22H31N6O3+. The van der Waals surface area contributed by atoms with E-state index < -0.39 is 6.04 Å². The summed E-state index contributed by atoms with van der Waals surface area (Å²) in [6.07, 6.45) is 0. The summed E-state index contributed by atoms with van der Waals surface area (Å²) in [6, 6.07) is 7.39. The van der Waals surface area contributed by atoms with Gasteiger partial charge in [0.15, 0.2) is 0 Å². The number of hydrogen-bond acceptors (Lipinski definition) is 6. The van der Waals surface area contributed by atoms with Crippen LogP contribution in [0.2, 0.25) is 0 Å². The average molecular weight is 428 g/mol. The number of benzene rings is 1. The number of amides is 3. The summed E-state index contributed by atoms with van der Waals surface area (Å²) >= 11 is 0. The molecule has 3 amide bonds. The van der Waals surface area contributed by atoms with E-state index in [-0.39, 0.29) is 18.0 Å². The van der Waals surface area contributed by atoms with Crippen molar-refractivity contribution in [2.24, 2.45) is 4.99 Å². The van der Waals surface area contributed by atoms with Crippen LogP contribution in [0.4, 0.5) is 10.5 Å². The van der Waals surface area contributed by atoms with E-state index in [1.807, 2.05) is 12.1 Å². The molecule has 0 radical (unpaired) electrons. The van der Waals surface area contributed by atoms with Crippen LogP contribution in [-0.4, -0.2) is 109 Å². The standard InChI is InChI=1S/C22H31N6O3/c1-15(2)28-18(23-20-19(28)21(29)25(4)22(30)24(20)3)14-26-10-12-27(13-11-26)16-6-8-17(31-5)9-7-16/h6-9,15,19H,10-14H2,1-5H3/q+1. The molecular weight excluding hydrogens is 396 g/mol. The normalized spacial score (nSPS) is 22.5. The third-order valence-electron chi connectivity index (χ3n) is 6.28. The fourth-order valence-corrected chi connectivity index (χ4v) is 4.48. The van der Waals surface area contributed by atoms with Crippen molar-refractivity contribution in [1.29, 1.82) is 0 Å². The minimum absolute atomic E-state index is 0.0980. The van der Waals surface area contributed by atoms with Crippen LogP contribution in [0.25, 0.3) is 0 Å². The minimum Gasteiger partial charge on any atom is -0.497 e. The van der Waals surface area contributed by atoms with Crippen molar-refractivity contribution in [2.75, 3.05) is 58.8 Å². The number of ether oxygens (including phenoxy) is 1. The van der Waals surface area contributed by atoms with Crippen molar-refractivity contribution in [3.05, 3.63) is 24.3 Å². The van der Waals surface area contributed by atoms with Gasteiger partial charge >= 0.3 is 11.9 Å². The topological polar surface area (TPSA) is 71.7 Å². The molecule has 3 heterocycles. The van der Waals surface area contributed by atoms with Crippen LogP contribution in [0.5, 0.6) is 5.75 Å². The number of imide groups is 1. The van der Waals surface area contributed by atoms with E-state index >= 15 is 0 Å². The van der Waals surface area contributed by atoms with Gasteiger partial charge in [-0.3, -0.25) is 19.5 Å². The van der Waals surface area contributed by atoms with Crippen molar-refractivity contribution >= 4 is 29.3 Å². The lowest BCUT2D eigenvalue weighted by molar-refractivity contribution is -0.566. The smallest absolute Gasteiger partial charge is 0.333 e. The average Bonchev–Trinajstić information content (AvgIpc) is 3.16. The summed E-state index contributed by atoms with van der Waals surface area (Å²) in [5, 5.41) is 0. The number of nitrogens with zero attached hydrogens (tertiary/aromatic N) is 6. The Morgan fingerprint density at radius 3 is 2.29 bits per heavy atom. The van der Waals surface area contributed by atoms with E-state index in [2.05, 4.69) is 40.4 Å². The maximum absolute atomic E-state index is 12.9. The number of amidine groups is 2. The molecule has 0 bridgehead atoms. The zero-order chi connectivity index (χ0) is 22.3. The molecule has 0 N–H and O–H groups in total. The van der Waals surface area contributed by atoms with E-state index in [4.69, 9.17) is 9.73 Å². The molecule has 1 aromatic carbocycles. The molecule has 2 fully saturated rings. The van der Waals surface area contributed by atoms with Crippen LogP contribution in [0, 0.1) is 0 Å². The molecule has 4 rings (SSSR count). The number of rotatable bonds is 5. The third kappa shape index (κ3) is 3.78. The molecule has 3 aliphatic rings. The largest absolute Gasteiger partial charge is 0.497 e. The van der Waals surface area contributed by atoms with Gasteiger partial charge in [0.1, 0.15) is 12.3 Å². The Balaban J connectivity index is 1.48. The third-order valence-corrected chi connectivity index (χ3v) is 6.28. The fraction of sp³-hybridized carbons (Fsp3) is 0.545. The Morgan fingerprint density at radius 2 is 1.71 bits per heavy atom. The monoisotopic (exact) mass is 427 g/mol. The number of carbonyl (C=O) groups excluding carboxylic acids is 2. The van der Waals surface area contributed by atoms with Gasteiger partial charge in [-0.25, -0.2) is 9.37 Å². The Kier molecular flexibility index (Phi) is 5.70. The van der Waals surface area contributed by atoms with E-state index in [1.54, 1.807) is 14.2 Å². The highest BCUT2D eigenvalue weighted by Gasteiger charge is 2.53. The molecule has 31 heavy (non-hydrogen) atoms. The van der Waals surface area contributed by atoms with Crippen LogP contribution in [-0.2, 0) is 4.79 Å². The lowest BCUT2D eigenvalue weighted by atomic mass is 10.1. The fourth-order valence-electron chi connectivity index (χ4n) is 4.48. The SMILES string of the molecule is COc1ccc(N2CCN(CC3=[N+](C(C)C)C4C(=O)N(C)C(=O)N(C)C4=N3)CC2)cc1. The van der Waals surface area contributed by atoms with Crippen molar-refractivity contribution in [2.45, 2.75) is 25.9 Å². The second-order valence-electron chi connectivity index (χ2n) is 8.49. The van der Waals surface area contributed by atoms with Crippen molar-refractivity contribution in [3.63, 3.8) is 0 Å². The number of piperazine rings is 1. The van der Waals surface area contributed by atoms with Crippen molar-refractivity contribution < 1.29 is 18.9 Å². The number of carbonyl (C=O) groups is 2. The number of urea groups is 1. The number of likely N-dealkylation sites (N-methyl/N-ethyl adjacent to an activating group) is 2. The predicted molar refractivity (Wildman–Crippen MR) is 119 cm³/mol. The summed E-state index contributed by atoms with van der Waals surface area (Å²) in [5.74, 6) is 2.04. The van der Waals surface area contributed by atoms with Gasteiger partial charge in [-0.2, -0.15) is 0 Å². The van der Waals surface area contributed by atoms with Gasteiger partial charge in [-0.15, -0.1) is 0 Å². The number of methoxy groups -OCH3 is 1. The number of hydrogen-bond donors (Lipinski definition) is 0. The lowest BCUT2D eigenvalue weighted by Gasteiger charge is -2.35. The van der Waals surface area contributed by atoms with Crippen LogP contribution >= 0.6 is 0 Å². The molecule has 1 aromatic rings. The van der Waals surface area contributed by atoms with Crippen LogP contribution in [0.1, 0.15) is 13.8 Å². The summed E-state index contributed by atoms with van der Waals surface area (Å²) < 4.78 is 7.31. The van der Waals surface area contributed by atoms with E-state index in [9.17, 15) is 9.59 Å². The quantitative estimate of drug-likeness (QED) is 0.654. The summed E-state index contributed by atoms with van der Waals surface area (Å²) in [7, 11) is 4.90. The van der Waals surface area contributed by atoms with E-state index in [0.717, 1.165) is 37.8 Å². The predicted octanol–water partition coefficient (Wildman–Crippen LogP) is 0.941. The Bertz CT molecular complexity index is 931. The first-order valence-corrected chi connectivity index (χ1v) is 10.7. The van der Waals surface area contributed by atoms with E-state index in [0.29, 0.717) is 12.4 Å². The molecule has 0 aliphatic carbocycles. The van der Waals surface area contributed by atoms with Gasteiger partial charge in [0.25, 0.3) is 17.8 Å². The zero-order valence-electron chi connectivity index (χ0n) is 18.9. The van der Waals surface area contributed by atoms with Gasteiger partial charge in [0, 0.05) is 46.0 Å². The van der Waals surface area contributed by atoms with Gasteiger partial charge < -0.3 is 9.64 Å². The van der Waals surface area contributed by atoms with Crippen LogP contribution in [0.15, 0.2) is 29.3 Å². The molecule has 0 saturated carbocycles. The minimum atomic E-state index is -0.525.